The van der Waals surface area contributed by atoms with Crippen LogP contribution in [-0.4, -0.2) is 73.9 Å². The van der Waals surface area contributed by atoms with Crippen LogP contribution in [0.15, 0.2) is 0 Å². The Hall–Kier alpha value is -2.43. The third-order valence-electron chi connectivity index (χ3n) is 5.54. The lowest BCUT2D eigenvalue weighted by Crippen LogP contribution is -2.10. The summed E-state index contributed by atoms with van der Waals surface area (Å²) >= 11 is 1.68. The molecule has 0 saturated heterocycles. The third kappa shape index (κ3) is 57.3. The average Bonchev–Trinajstić information content (AvgIpc) is 3.01. The zero-order valence-corrected chi connectivity index (χ0v) is 32.6. The highest BCUT2D eigenvalue weighted by Gasteiger charge is 2.07. The third-order valence-corrected chi connectivity index (χ3v) is 6.51. The summed E-state index contributed by atoms with van der Waals surface area (Å²) in [6, 6.07) is 0. The van der Waals surface area contributed by atoms with Gasteiger partial charge in [0.15, 0.2) is 0 Å². The summed E-state index contributed by atoms with van der Waals surface area (Å²) in [5, 5.41) is 0.374. The highest BCUT2D eigenvalue weighted by molar-refractivity contribution is 7.99. The maximum atomic E-state index is 10.8. The van der Waals surface area contributed by atoms with Crippen LogP contribution in [0.25, 0.3) is 0 Å². The number of hydrogen-bond acceptors (Lipinski definition) is 11. The van der Waals surface area contributed by atoms with Crippen molar-refractivity contribution in [3.8, 4) is 0 Å². The number of carbonyl (C=O) groups is 6. The molecule has 0 radical (unpaired) electrons. The van der Waals surface area contributed by atoms with Gasteiger partial charge >= 0.3 is 23.9 Å². The van der Waals surface area contributed by atoms with Gasteiger partial charge in [-0.3, -0.25) is 24.0 Å². The van der Waals surface area contributed by atoms with E-state index in [1.165, 1.54) is 13.8 Å². The molecule has 0 rings (SSSR count). The molecule has 0 bridgehead atoms. The van der Waals surface area contributed by atoms with E-state index in [0.717, 1.165) is 38.4 Å². The van der Waals surface area contributed by atoms with Gasteiger partial charge in [0.25, 0.3) is 0 Å². The first-order chi connectivity index (χ1) is 21.7. The minimum Gasteiger partial charge on any atom is -0.466 e. The molecule has 1 atom stereocenters. The van der Waals surface area contributed by atoms with Gasteiger partial charge in [0, 0.05) is 24.5 Å². The number of Topliss-reactive ketones (excluding diaryl/α,β-unsaturated/α-hetero) is 1. The lowest BCUT2D eigenvalue weighted by atomic mass is 10.1. The molecule has 0 fully saturated rings. The molecule has 276 valence electrons. The Morgan fingerprint density at radius 3 is 1.39 bits per heavy atom. The Morgan fingerprint density at radius 1 is 0.674 bits per heavy atom. The van der Waals surface area contributed by atoms with Crippen molar-refractivity contribution >= 4 is 47.7 Å². The van der Waals surface area contributed by atoms with Gasteiger partial charge in [-0.25, -0.2) is 0 Å². The zero-order valence-electron chi connectivity index (χ0n) is 31.8. The molecule has 0 aliphatic heterocycles. The molecule has 1 unspecified atom stereocenters. The summed E-state index contributed by atoms with van der Waals surface area (Å²) in [6.07, 6.45) is 9.01. The first kappa shape index (κ1) is 55.9. The van der Waals surface area contributed by atoms with Crippen LogP contribution in [0, 0.1) is 11.8 Å². The summed E-state index contributed by atoms with van der Waals surface area (Å²) in [7, 11) is 0. The first-order valence-corrected chi connectivity index (χ1v) is 18.1. The molecule has 0 amide bonds. The summed E-state index contributed by atoms with van der Waals surface area (Å²) in [5.74, 6) is -0.103. The van der Waals surface area contributed by atoms with Gasteiger partial charge in [-0.05, 0) is 59.1 Å². The molecule has 46 heavy (non-hydrogen) atoms. The average molecular weight is 683 g/mol. The Balaban J connectivity index is -0.000000108. The van der Waals surface area contributed by atoms with Crippen LogP contribution in [0.2, 0.25) is 0 Å². The summed E-state index contributed by atoms with van der Waals surface area (Å²) in [5.41, 5.74) is 0. The molecule has 0 aromatic carbocycles. The van der Waals surface area contributed by atoms with Gasteiger partial charge in [0.1, 0.15) is 18.5 Å². The molecule has 0 aliphatic carbocycles. The molecule has 0 aromatic rings. The maximum Gasteiger partial charge on any atom is 0.313 e. The quantitative estimate of drug-likeness (QED) is 0.0634. The molecule has 0 heterocycles. The monoisotopic (exact) mass is 682 g/mol. The number of ketones is 1. The van der Waals surface area contributed by atoms with E-state index in [-0.39, 0.29) is 30.1 Å². The van der Waals surface area contributed by atoms with Crippen molar-refractivity contribution in [3.05, 3.63) is 0 Å². The molecular weight excluding hydrogens is 612 g/mol. The van der Waals surface area contributed by atoms with Gasteiger partial charge in [-0.2, -0.15) is 11.8 Å². The number of carbonyl (C=O) groups excluding carboxylic acids is 6. The summed E-state index contributed by atoms with van der Waals surface area (Å²) < 4.78 is 18.7. The van der Waals surface area contributed by atoms with E-state index in [1.807, 2.05) is 61.6 Å². The van der Waals surface area contributed by atoms with Gasteiger partial charge in [0.05, 0.1) is 32.8 Å². The zero-order chi connectivity index (χ0) is 37.3. The molecule has 0 N–H and O–H groups in total. The minimum atomic E-state index is -0.440. The smallest absolute Gasteiger partial charge is 0.313 e. The standard InChI is InChI=1S/C8H16O2.C7H14O2S.C6H10O3.C6H12O2.C6H12O.C2H6/c1-4-8(5-2)6-10-7(3)9;1-4-9-7(8)5-6(2)10-3;1-3-9-6(8)4-5(2)7;1-3-5-6(7)8-4-2;1-3-6(4-2)5-7;1-2/h8H,4-6H2,1-3H3;6H,4-5H2,1-3H3;3-4H2,1-2H3;3-5H2,1-2H3;5-6H,3-4H2,1-2H3;1-2H3. The number of aldehydes is 1. The van der Waals surface area contributed by atoms with Gasteiger partial charge < -0.3 is 23.7 Å². The topological polar surface area (TPSA) is 139 Å². The highest BCUT2D eigenvalue weighted by atomic mass is 32.2. The fourth-order valence-electron chi connectivity index (χ4n) is 2.63. The van der Waals surface area contributed by atoms with Crippen LogP contribution in [0.1, 0.15) is 141 Å². The van der Waals surface area contributed by atoms with Crippen molar-refractivity contribution in [2.75, 3.05) is 32.7 Å². The van der Waals surface area contributed by atoms with Crippen molar-refractivity contribution in [3.63, 3.8) is 0 Å². The number of thioether (sulfide) groups is 1. The van der Waals surface area contributed by atoms with Crippen LogP contribution in [-0.2, 0) is 47.7 Å². The SMILES string of the molecule is CC.CCC(C=O)CC.CCC(CC)COC(C)=O.CCCC(=O)OCC.CCOC(=O)CC(C)=O.CCOC(=O)CC(C)SC. The molecule has 0 saturated carbocycles. The lowest BCUT2D eigenvalue weighted by molar-refractivity contribution is -0.146. The Morgan fingerprint density at radius 2 is 1.11 bits per heavy atom. The largest absolute Gasteiger partial charge is 0.466 e. The van der Waals surface area contributed by atoms with E-state index < -0.39 is 5.97 Å². The van der Waals surface area contributed by atoms with Crippen molar-refractivity contribution < 1.29 is 47.7 Å². The number of rotatable bonds is 17. The molecule has 10 nitrogen and oxygen atoms in total. The minimum absolute atomic E-state index is 0.0880. The van der Waals surface area contributed by atoms with Crippen molar-refractivity contribution in [1.29, 1.82) is 0 Å². The fourth-order valence-corrected chi connectivity index (χ4v) is 2.93. The van der Waals surface area contributed by atoms with E-state index in [9.17, 15) is 28.8 Å². The van der Waals surface area contributed by atoms with Crippen LogP contribution >= 0.6 is 11.8 Å². The lowest BCUT2D eigenvalue weighted by Gasteiger charge is -2.10. The van der Waals surface area contributed by atoms with Crippen molar-refractivity contribution in [2.24, 2.45) is 11.8 Å². The van der Waals surface area contributed by atoms with Gasteiger partial charge in [-0.15, -0.1) is 0 Å². The number of hydrogen-bond donors (Lipinski definition) is 0. The predicted octanol–water partition coefficient (Wildman–Crippen LogP) is 8.20. The van der Waals surface area contributed by atoms with Crippen LogP contribution in [0.4, 0.5) is 0 Å². The fraction of sp³-hybridized carbons (Fsp3) is 0.829. The Labute approximate surface area is 286 Å². The second-order valence-electron chi connectivity index (χ2n) is 9.49. The molecular formula is C35H70O10S. The highest BCUT2D eigenvalue weighted by Crippen LogP contribution is 2.09. The van der Waals surface area contributed by atoms with E-state index >= 15 is 0 Å². The molecule has 0 aliphatic rings. The van der Waals surface area contributed by atoms with Gasteiger partial charge in [0.2, 0.25) is 0 Å². The Bertz CT molecular complexity index is 697. The first-order valence-electron chi connectivity index (χ1n) is 16.8. The maximum absolute atomic E-state index is 10.8. The van der Waals surface area contributed by atoms with E-state index in [2.05, 4.69) is 23.3 Å². The van der Waals surface area contributed by atoms with Crippen LogP contribution < -0.4 is 0 Å². The van der Waals surface area contributed by atoms with Crippen LogP contribution in [0.3, 0.4) is 0 Å². The second-order valence-corrected chi connectivity index (χ2v) is 10.8. The molecule has 0 aromatic heterocycles. The van der Waals surface area contributed by atoms with Crippen molar-refractivity contribution in [1.82, 2.24) is 0 Å². The van der Waals surface area contributed by atoms with Crippen molar-refractivity contribution in [2.45, 2.75) is 147 Å². The normalized spacial score (nSPS) is 9.74. The molecule has 11 heteroatoms. The summed E-state index contributed by atoms with van der Waals surface area (Å²) in [6.45, 7) is 26.3. The Kier molecular flexibility index (Phi) is 57.1. The molecule has 0 spiro atoms. The van der Waals surface area contributed by atoms with Crippen LogP contribution in [0.5, 0.6) is 0 Å². The van der Waals surface area contributed by atoms with E-state index in [1.54, 1.807) is 18.7 Å². The number of esters is 4. The number of ether oxygens (including phenoxy) is 4. The summed E-state index contributed by atoms with van der Waals surface area (Å²) in [4.78, 5) is 62.2. The van der Waals surface area contributed by atoms with E-state index in [4.69, 9.17) is 9.47 Å². The van der Waals surface area contributed by atoms with Gasteiger partial charge in [-0.1, -0.05) is 68.2 Å². The predicted molar refractivity (Wildman–Crippen MR) is 190 cm³/mol. The van der Waals surface area contributed by atoms with E-state index in [0.29, 0.717) is 56.4 Å². The second kappa shape index (κ2) is 47.0.